The van der Waals surface area contributed by atoms with Crippen molar-refractivity contribution in [2.45, 2.75) is 50.6 Å². The maximum Gasteiger partial charge on any atom is 0.264 e. The van der Waals surface area contributed by atoms with Gasteiger partial charge in [-0.3, -0.25) is 13.9 Å². The molecule has 5 aromatic rings. The van der Waals surface area contributed by atoms with Gasteiger partial charge in [-0.25, -0.2) is 8.42 Å². The third-order valence-corrected chi connectivity index (χ3v) is 10.6. The van der Waals surface area contributed by atoms with Gasteiger partial charge in [0.15, 0.2) is 0 Å². The lowest BCUT2D eigenvalue weighted by atomic mass is 10.0. The minimum Gasteiger partial charge on any atom is -0.457 e. The Morgan fingerprint density at radius 1 is 0.784 bits per heavy atom. The summed E-state index contributed by atoms with van der Waals surface area (Å²) in [6, 6.07) is 38.5. The summed E-state index contributed by atoms with van der Waals surface area (Å²) >= 11 is 3.52. The minimum absolute atomic E-state index is 0.0437. The average molecular weight is 769 g/mol. The van der Waals surface area contributed by atoms with Gasteiger partial charge in [-0.05, 0) is 85.1 Å². The van der Waals surface area contributed by atoms with Crippen LogP contribution in [0.15, 0.2) is 143 Å². The molecule has 0 fully saturated rings. The molecule has 2 amide bonds. The lowest BCUT2D eigenvalue weighted by molar-refractivity contribution is -0.140. The molecule has 0 unspecified atom stereocenters. The zero-order valence-corrected chi connectivity index (χ0v) is 31.1. The van der Waals surface area contributed by atoms with Crippen molar-refractivity contribution in [3.63, 3.8) is 0 Å². The summed E-state index contributed by atoms with van der Waals surface area (Å²) in [6.07, 6.45) is 1.93. The lowest BCUT2D eigenvalue weighted by Gasteiger charge is -2.34. The zero-order chi connectivity index (χ0) is 36.2. The number of hydrogen-bond donors (Lipinski definition) is 1. The second-order valence-electron chi connectivity index (χ2n) is 12.2. The van der Waals surface area contributed by atoms with Gasteiger partial charge in [-0.15, -0.1) is 0 Å². The SMILES string of the molecule is CCCCNC(=O)[C@H](Cc1ccccc1)N(Cc1cccc(Br)c1)C(=O)CN(c1ccc(Oc2ccccc2)cc1)S(=O)(=O)c1ccc(C)cc1. The quantitative estimate of drug-likeness (QED) is 0.102. The largest absolute Gasteiger partial charge is 0.457 e. The molecule has 0 saturated heterocycles. The van der Waals surface area contributed by atoms with E-state index in [1.54, 1.807) is 36.4 Å². The van der Waals surface area contributed by atoms with Crippen molar-refractivity contribution in [2.75, 3.05) is 17.4 Å². The predicted octanol–water partition coefficient (Wildman–Crippen LogP) is 8.30. The highest BCUT2D eigenvalue weighted by Gasteiger charge is 2.34. The van der Waals surface area contributed by atoms with Gasteiger partial charge in [0.1, 0.15) is 24.1 Å². The molecular formula is C41H42BrN3O5S. The Hall–Kier alpha value is -4.93. The summed E-state index contributed by atoms with van der Waals surface area (Å²) in [5.74, 6) is 0.314. The number of carbonyl (C=O) groups is 2. The van der Waals surface area contributed by atoms with Crippen molar-refractivity contribution in [3.05, 3.63) is 155 Å². The number of ether oxygens (including phenoxy) is 1. The van der Waals surface area contributed by atoms with E-state index in [1.807, 2.05) is 98.8 Å². The molecule has 5 rings (SSSR count). The molecule has 1 atom stereocenters. The van der Waals surface area contributed by atoms with E-state index < -0.39 is 28.5 Å². The predicted molar refractivity (Wildman–Crippen MR) is 205 cm³/mol. The maximum atomic E-state index is 14.7. The number of benzene rings is 5. The molecule has 8 nitrogen and oxygen atoms in total. The number of rotatable bonds is 16. The van der Waals surface area contributed by atoms with Gasteiger partial charge < -0.3 is 15.0 Å². The summed E-state index contributed by atoms with van der Waals surface area (Å²) in [7, 11) is -4.24. The number of para-hydroxylation sites is 1. The van der Waals surface area contributed by atoms with Crippen LogP contribution >= 0.6 is 15.9 Å². The number of halogens is 1. The number of nitrogens with one attached hydrogen (secondary N) is 1. The van der Waals surface area contributed by atoms with Crippen LogP contribution in [0.25, 0.3) is 0 Å². The molecule has 0 aliphatic carbocycles. The van der Waals surface area contributed by atoms with Crippen LogP contribution in [0.3, 0.4) is 0 Å². The van der Waals surface area contributed by atoms with Gasteiger partial charge in [-0.2, -0.15) is 0 Å². The van der Waals surface area contributed by atoms with E-state index in [4.69, 9.17) is 4.74 Å². The minimum atomic E-state index is -4.24. The fourth-order valence-corrected chi connectivity index (χ4v) is 7.42. The summed E-state index contributed by atoms with van der Waals surface area (Å²) in [5.41, 5.74) is 2.83. The molecule has 0 spiro atoms. The number of carbonyl (C=O) groups excluding carboxylic acids is 2. The van der Waals surface area contributed by atoms with Crippen molar-refractivity contribution in [2.24, 2.45) is 0 Å². The number of unbranched alkanes of at least 4 members (excludes halogenated alkanes) is 1. The van der Waals surface area contributed by atoms with Crippen LogP contribution < -0.4 is 14.4 Å². The van der Waals surface area contributed by atoms with E-state index in [0.717, 1.165) is 38.3 Å². The van der Waals surface area contributed by atoms with E-state index in [2.05, 4.69) is 21.2 Å². The fraction of sp³-hybridized carbons (Fsp3) is 0.220. The van der Waals surface area contributed by atoms with Crippen molar-refractivity contribution in [1.29, 1.82) is 0 Å². The van der Waals surface area contributed by atoms with E-state index >= 15 is 0 Å². The topological polar surface area (TPSA) is 96.0 Å². The maximum absolute atomic E-state index is 14.7. The summed E-state index contributed by atoms with van der Waals surface area (Å²) in [5, 5.41) is 3.02. The lowest BCUT2D eigenvalue weighted by Crippen LogP contribution is -2.53. The van der Waals surface area contributed by atoms with Crippen molar-refractivity contribution in [1.82, 2.24) is 10.2 Å². The number of aryl methyl sites for hydroxylation is 1. The normalized spacial score (nSPS) is 11.7. The Balaban J connectivity index is 1.55. The molecule has 51 heavy (non-hydrogen) atoms. The highest BCUT2D eigenvalue weighted by atomic mass is 79.9. The molecule has 264 valence electrons. The third kappa shape index (κ3) is 10.3. The van der Waals surface area contributed by atoms with Crippen LogP contribution in [0.2, 0.25) is 0 Å². The first-order chi connectivity index (χ1) is 24.6. The standard InChI is InChI=1S/C41H42BrN3O5S/c1-3-4-26-43-41(47)39(28-32-12-7-5-8-13-32)44(29-33-14-11-15-34(42)27-33)40(46)30-45(51(48,49)38-24-18-31(2)19-25-38)35-20-22-37(23-21-35)50-36-16-9-6-10-17-36/h5-25,27,39H,3-4,26,28-30H2,1-2H3,(H,43,47)/t39-/m0/s1. The molecule has 10 heteroatoms. The molecule has 5 aromatic carbocycles. The third-order valence-electron chi connectivity index (χ3n) is 8.33. The van der Waals surface area contributed by atoms with Crippen LogP contribution in [0.1, 0.15) is 36.5 Å². The Bertz CT molecular complexity index is 1990. The number of hydrogen-bond acceptors (Lipinski definition) is 5. The van der Waals surface area contributed by atoms with Gasteiger partial charge in [0.2, 0.25) is 11.8 Å². The monoisotopic (exact) mass is 767 g/mol. The van der Waals surface area contributed by atoms with E-state index in [1.165, 1.54) is 17.0 Å². The molecule has 0 radical (unpaired) electrons. The smallest absolute Gasteiger partial charge is 0.264 e. The second kappa shape index (κ2) is 17.8. The van der Waals surface area contributed by atoms with Crippen molar-refractivity contribution >= 4 is 43.5 Å². The summed E-state index contributed by atoms with van der Waals surface area (Å²) < 4.78 is 36.7. The fourth-order valence-electron chi connectivity index (χ4n) is 5.56. The molecule has 0 aliphatic heterocycles. The first-order valence-corrected chi connectivity index (χ1v) is 19.2. The molecule has 0 saturated carbocycles. The summed E-state index contributed by atoms with van der Waals surface area (Å²) in [4.78, 5) is 30.2. The van der Waals surface area contributed by atoms with Gasteiger partial charge in [-0.1, -0.05) is 108 Å². The first kappa shape index (κ1) is 37.3. The highest BCUT2D eigenvalue weighted by molar-refractivity contribution is 9.10. The van der Waals surface area contributed by atoms with E-state index in [-0.39, 0.29) is 29.5 Å². The average Bonchev–Trinajstić information content (AvgIpc) is 3.13. The molecule has 0 aliphatic rings. The van der Waals surface area contributed by atoms with Crippen LogP contribution in [0, 0.1) is 6.92 Å². The number of nitrogens with zero attached hydrogens (tertiary/aromatic N) is 2. The molecule has 0 aromatic heterocycles. The Morgan fingerprint density at radius 2 is 1.41 bits per heavy atom. The zero-order valence-electron chi connectivity index (χ0n) is 28.7. The van der Waals surface area contributed by atoms with Crippen molar-refractivity contribution in [3.8, 4) is 11.5 Å². The van der Waals surface area contributed by atoms with Crippen LogP contribution in [-0.2, 0) is 32.6 Å². The van der Waals surface area contributed by atoms with Gasteiger partial charge in [0, 0.05) is 24.0 Å². The number of sulfonamides is 1. The number of anilines is 1. The van der Waals surface area contributed by atoms with Crippen molar-refractivity contribution < 1.29 is 22.7 Å². The van der Waals surface area contributed by atoms with Gasteiger partial charge >= 0.3 is 0 Å². The van der Waals surface area contributed by atoms with Crippen LogP contribution in [0.5, 0.6) is 11.5 Å². The molecular weight excluding hydrogens is 726 g/mol. The van der Waals surface area contributed by atoms with Gasteiger partial charge in [0.25, 0.3) is 10.0 Å². The number of amides is 2. The van der Waals surface area contributed by atoms with Gasteiger partial charge in [0.05, 0.1) is 10.6 Å². The highest BCUT2D eigenvalue weighted by Crippen LogP contribution is 2.29. The first-order valence-electron chi connectivity index (χ1n) is 16.9. The Morgan fingerprint density at radius 3 is 2.06 bits per heavy atom. The Labute approximate surface area is 309 Å². The van der Waals surface area contributed by atoms with E-state index in [0.29, 0.717) is 18.0 Å². The van der Waals surface area contributed by atoms with E-state index in [9.17, 15) is 18.0 Å². The molecule has 0 bridgehead atoms. The molecule has 1 N–H and O–H groups in total. The molecule has 0 heterocycles. The van der Waals surface area contributed by atoms with Crippen LogP contribution in [-0.4, -0.2) is 44.3 Å². The second-order valence-corrected chi connectivity index (χ2v) is 15.0. The van der Waals surface area contributed by atoms with Crippen LogP contribution in [0.4, 0.5) is 5.69 Å². The summed E-state index contributed by atoms with van der Waals surface area (Å²) in [6.45, 7) is 3.92. The Kier molecular flexibility index (Phi) is 13.0.